The quantitative estimate of drug-likeness (QED) is 0.589. The number of hydrogen-bond acceptors (Lipinski definition) is 3. The summed E-state index contributed by atoms with van der Waals surface area (Å²) in [6.07, 6.45) is 4.72. The molecule has 0 radical (unpaired) electrons. The van der Waals surface area contributed by atoms with Crippen LogP contribution in [0.15, 0.2) is 12.2 Å². The van der Waals surface area contributed by atoms with Gasteiger partial charge in [0.15, 0.2) is 0 Å². The molecule has 1 N–H and O–H groups in total. The predicted molar refractivity (Wildman–Crippen MR) is 63.2 cm³/mol. The Morgan fingerprint density at radius 3 is 2.41 bits per heavy atom. The number of carbonyl (C=O) groups excluding carboxylic acids is 1. The minimum absolute atomic E-state index is 0.342. The number of aliphatic hydroxyl groups excluding tert-OH is 1. The molecule has 3 atom stereocenters. The third-order valence-electron chi connectivity index (χ3n) is 4.84. The summed E-state index contributed by atoms with van der Waals surface area (Å²) in [6, 6.07) is 0. The Hall–Kier alpha value is -0.830. The first-order valence-corrected chi connectivity index (χ1v) is 6.57. The smallest absolute Gasteiger partial charge is 0.333 e. The first kappa shape index (κ1) is 11.3. The first-order chi connectivity index (χ1) is 8.00. The van der Waals surface area contributed by atoms with Crippen LogP contribution in [0.5, 0.6) is 0 Å². The van der Waals surface area contributed by atoms with Crippen molar-refractivity contribution >= 4 is 5.97 Å². The molecule has 0 spiro atoms. The average molecular weight is 236 g/mol. The van der Waals surface area contributed by atoms with Crippen LogP contribution in [0.2, 0.25) is 0 Å². The average Bonchev–Trinajstić information content (AvgIpc) is 2.24. The largest absolute Gasteiger partial charge is 0.453 e. The first-order valence-electron chi connectivity index (χ1n) is 6.57. The van der Waals surface area contributed by atoms with Crippen LogP contribution in [0, 0.1) is 17.8 Å². The van der Waals surface area contributed by atoms with Crippen LogP contribution >= 0.6 is 0 Å². The highest BCUT2D eigenvalue weighted by atomic mass is 16.6. The second-order valence-electron chi connectivity index (χ2n) is 6.29. The second kappa shape index (κ2) is 3.58. The standard InChI is InChI=1S/C14H20O3/c1-8(2)13(16)17-14-6-9-3-10(7-14)5-11(4-9)12(14)15/h9-12,15H,1,3-7H2,2H3. The van der Waals surface area contributed by atoms with Crippen molar-refractivity contribution in [2.24, 2.45) is 17.8 Å². The topological polar surface area (TPSA) is 46.5 Å². The van der Waals surface area contributed by atoms with Crippen LogP contribution in [-0.4, -0.2) is 22.8 Å². The fourth-order valence-electron chi connectivity index (χ4n) is 4.35. The number of esters is 1. The van der Waals surface area contributed by atoms with Crippen molar-refractivity contribution < 1.29 is 14.6 Å². The number of carbonyl (C=O) groups is 1. The van der Waals surface area contributed by atoms with Gasteiger partial charge in [-0.1, -0.05) is 6.58 Å². The van der Waals surface area contributed by atoms with Crippen molar-refractivity contribution in [1.29, 1.82) is 0 Å². The molecule has 0 aromatic carbocycles. The van der Waals surface area contributed by atoms with E-state index in [2.05, 4.69) is 6.58 Å². The van der Waals surface area contributed by atoms with Crippen molar-refractivity contribution in [2.45, 2.75) is 50.7 Å². The molecule has 4 aliphatic carbocycles. The third kappa shape index (κ3) is 1.63. The summed E-state index contributed by atoms with van der Waals surface area (Å²) in [5.41, 5.74) is -0.168. The van der Waals surface area contributed by atoms with E-state index < -0.39 is 11.7 Å². The Bertz CT molecular complexity index is 360. The molecule has 0 saturated heterocycles. The lowest BCUT2D eigenvalue weighted by Crippen LogP contribution is -2.62. The Morgan fingerprint density at radius 2 is 1.88 bits per heavy atom. The third-order valence-corrected chi connectivity index (χ3v) is 4.84. The molecule has 3 heteroatoms. The van der Waals surface area contributed by atoms with Crippen LogP contribution in [0.3, 0.4) is 0 Å². The Morgan fingerprint density at radius 1 is 1.29 bits per heavy atom. The number of rotatable bonds is 2. The fourth-order valence-corrected chi connectivity index (χ4v) is 4.35. The van der Waals surface area contributed by atoms with Gasteiger partial charge in [0.1, 0.15) is 5.60 Å². The van der Waals surface area contributed by atoms with Gasteiger partial charge < -0.3 is 9.84 Å². The molecule has 0 amide bonds. The molecular weight excluding hydrogens is 216 g/mol. The maximum atomic E-state index is 11.7. The van der Waals surface area contributed by atoms with Gasteiger partial charge in [-0.3, -0.25) is 0 Å². The van der Waals surface area contributed by atoms with Gasteiger partial charge in [-0.25, -0.2) is 4.79 Å². The molecule has 4 rings (SSSR count). The van der Waals surface area contributed by atoms with Crippen molar-refractivity contribution in [3.05, 3.63) is 12.2 Å². The van der Waals surface area contributed by atoms with Crippen molar-refractivity contribution in [3.8, 4) is 0 Å². The normalized spacial score (nSPS) is 46.9. The van der Waals surface area contributed by atoms with Crippen LogP contribution in [-0.2, 0) is 9.53 Å². The molecule has 3 nitrogen and oxygen atoms in total. The molecule has 4 fully saturated rings. The maximum Gasteiger partial charge on any atom is 0.333 e. The lowest BCUT2D eigenvalue weighted by Gasteiger charge is -2.58. The minimum atomic E-state index is -0.592. The van der Waals surface area contributed by atoms with Gasteiger partial charge in [-0.05, 0) is 56.8 Å². The van der Waals surface area contributed by atoms with Crippen LogP contribution in [0.4, 0.5) is 0 Å². The second-order valence-corrected chi connectivity index (χ2v) is 6.29. The summed E-state index contributed by atoms with van der Waals surface area (Å²) in [6.45, 7) is 5.28. The summed E-state index contributed by atoms with van der Waals surface area (Å²) in [4.78, 5) is 11.7. The zero-order chi connectivity index (χ0) is 12.2. The molecule has 0 aliphatic heterocycles. The molecule has 4 aliphatic rings. The molecule has 17 heavy (non-hydrogen) atoms. The number of ether oxygens (including phenoxy) is 1. The van der Waals surface area contributed by atoms with E-state index >= 15 is 0 Å². The van der Waals surface area contributed by atoms with Crippen LogP contribution < -0.4 is 0 Å². The molecule has 94 valence electrons. The molecule has 3 unspecified atom stereocenters. The van der Waals surface area contributed by atoms with E-state index in [9.17, 15) is 9.90 Å². The van der Waals surface area contributed by atoms with Crippen LogP contribution in [0.1, 0.15) is 39.0 Å². The van der Waals surface area contributed by atoms with Crippen molar-refractivity contribution in [1.82, 2.24) is 0 Å². The van der Waals surface area contributed by atoms with Gasteiger partial charge in [0.2, 0.25) is 0 Å². The van der Waals surface area contributed by atoms with E-state index in [1.165, 1.54) is 6.42 Å². The highest BCUT2D eigenvalue weighted by molar-refractivity contribution is 5.87. The summed E-state index contributed by atoms with van der Waals surface area (Å²) in [5.74, 6) is 1.30. The summed E-state index contributed by atoms with van der Waals surface area (Å²) in [7, 11) is 0. The molecule has 0 heterocycles. The monoisotopic (exact) mass is 236 g/mol. The highest BCUT2D eigenvalue weighted by Gasteiger charge is 2.59. The SMILES string of the molecule is C=C(C)C(=O)OC12CC3CC(CC(C3)C1O)C2. The summed E-state index contributed by atoms with van der Waals surface area (Å²) >= 11 is 0. The summed E-state index contributed by atoms with van der Waals surface area (Å²) < 4.78 is 5.64. The Balaban J connectivity index is 1.85. The predicted octanol–water partition coefficient (Wildman–Crippen LogP) is 2.05. The summed E-state index contributed by atoms with van der Waals surface area (Å²) in [5, 5.41) is 10.4. The van der Waals surface area contributed by atoms with Gasteiger partial charge in [0.25, 0.3) is 0 Å². The molecule has 4 saturated carbocycles. The van der Waals surface area contributed by atoms with Gasteiger partial charge in [0.05, 0.1) is 6.10 Å². The zero-order valence-electron chi connectivity index (χ0n) is 10.3. The van der Waals surface area contributed by atoms with E-state index in [0.29, 0.717) is 23.3 Å². The van der Waals surface area contributed by atoms with E-state index in [0.717, 1.165) is 25.7 Å². The number of aliphatic hydroxyl groups is 1. The fraction of sp³-hybridized carbons (Fsp3) is 0.786. The van der Waals surface area contributed by atoms with Gasteiger partial charge in [-0.15, -0.1) is 0 Å². The van der Waals surface area contributed by atoms with E-state index in [1.54, 1.807) is 6.92 Å². The van der Waals surface area contributed by atoms with Crippen molar-refractivity contribution in [3.63, 3.8) is 0 Å². The lowest BCUT2D eigenvalue weighted by molar-refractivity contribution is -0.224. The zero-order valence-corrected chi connectivity index (χ0v) is 10.3. The highest BCUT2D eigenvalue weighted by Crippen LogP contribution is 2.57. The van der Waals surface area contributed by atoms with Crippen LogP contribution in [0.25, 0.3) is 0 Å². The van der Waals surface area contributed by atoms with Gasteiger partial charge in [0, 0.05) is 5.57 Å². The molecule has 0 aromatic heterocycles. The minimum Gasteiger partial charge on any atom is -0.453 e. The lowest BCUT2D eigenvalue weighted by atomic mass is 9.53. The number of hydrogen-bond donors (Lipinski definition) is 1. The van der Waals surface area contributed by atoms with E-state index in [-0.39, 0.29) is 5.97 Å². The van der Waals surface area contributed by atoms with E-state index in [4.69, 9.17) is 4.74 Å². The van der Waals surface area contributed by atoms with Gasteiger partial charge >= 0.3 is 5.97 Å². The molecule has 0 aromatic rings. The Labute approximate surface area is 102 Å². The molecular formula is C14H20O3. The maximum absolute atomic E-state index is 11.7. The Kier molecular flexibility index (Phi) is 2.37. The van der Waals surface area contributed by atoms with Gasteiger partial charge in [-0.2, -0.15) is 0 Å². The van der Waals surface area contributed by atoms with E-state index in [1.807, 2.05) is 0 Å². The van der Waals surface area contributed by atoms with Crippen molar-refractivity contribution in [2.75, 3.05) is 0 Å². The molecule has 4 bridgehead atoms.